The lowest BCUT2D eigenvalue weighted by Crippen LogP contribution is -2.33. The van der Waals surface area contributed by atoms with Crippen molar-refractivity contribution in [1.29, 1.82) is 0 Å². The summed E-state index contributed by atoms with van der Waals surface area (Å²) in [5, 5.41) is 18.9. The van der Waals surface area contributed by atoms with Crippen molar-refractivity contribution in [2.75, 3.05) is 0 Å². The Morgan fingerprint density at radius 3 is 2.76 bits per heavy atom. The van der Waals surface area contributed by atoms with Crippen LogP contribution in [0, 0.1) is 5.92 Å². The van der Waals surface area contributed by atoms with Crippen LogP contribution < -0.4 is 5.32 Å². The van der Waals surface area contributed by atoms with Gasteiger partial charge in [-0.2, -0.15) is 10.2 Å². The molecule has 1 aromatic heterocycles. The number of nitrogens with zero attached hydrogens (tertiary/aromatic N) is 2. The van der Waals surface area contributed by atoms with Crippen LogP contribution in [-0.2, 0) is 4.79 Å². The van der Waals surface area contributed by atoms with Gasteiger partial charge in [0.15, 0.2) is 0 Å². The minimum Gasteiger partial charge on any atom is -0.481 e. The summed E-state index contributed by atoms with van der Waals surface area (Å²) in [5.41, 5.74) is 0.443. The molecular weight excluding hydrogens is 222 g/mol. The molecule has 0 spiro atoms. The molecule has 1 aliphatic carbocycles. The summed E-state index contributed by atoms with van der Waals surface area (Å²) in [6.07, 6.45) is 4.66. The van der Waals surface area contributed by atoms with E-state index in [0.29, 0.717) is 24.8 Å². The van der Waals surface area contributed by atoms with E-state index in [1.165, 1.54) is 12.4 Å². The number of aliphatic carboxylic acids is 1. The lowest BCUT2D eigenvalue weighted by atomic mass is 10.1. The molecule has 6 heteroatoms. The summed E-state index contributed by atoms with van der Waals surface area (Å²) >= 11 is 0. The van der Waals surface area contributed by atoms with Crippen LogP contribution in [0.3, 0.4) is 0 Å². The summed E-state index contributed by atoms with van der Waals surface area (Å²) in [4.78, 5) is 22.5. The molecule has 1 heterocycles. The SMILES string of the molecule is O=C(N[C@@H]1CC[C@H](C(=O)O)C1)c1ccnnc1. The molecule has 0 bridgehead atoms. The molecule has 90 valence electrons. The van der Waals surface area contributed by atoms with Gasteiger partial charge in [-0.15, -0.1) is 0 Å². The van der Waals surface area contributed by atoms with Gasteiger partial charge in [0.1, 0.15) is 0 Å². The summed E-state index contributed by atoms with van der Waals surface area (Å²) in [6, 6.07) is 1.52. The van der Waals surface area contributed by atoms with Gasteiger partial charge in [-0.25, -0.2) is 0 Å². The Balaban J connectivity index is 1.91. The fraction of sp³-hybridized carbons (Fsp3) is 0.455. The van der Waals surface area contributed by atoms with E-state index in [1.54, 1.807) is 6.07 Å². The fourth-order valence-corrected chi connectivity index (χ4v) is 2.03. The van der Waals surface area contributed by atoms with Crippen LogP contribution in [0.2, 0.25) is 0 Å². The van der Waals surface area contributed by atoms with Crippen LogP contribution in [0.5, 0.6) is 0 Å². The molecule has 2 rings (SSSR count). The number of carbonyl (C=O) groups is 2. The van der Waals surface area contributed by atoms with E-state index in [9.17, 15) is 9.59 Å². The smallest absolute Gasteiger partial charge is 0.306 e. The number of carboxylic acid groups (broad SMARTS) is 1. The van der Waals surface area contributed by atoms with Gasteiger partial charge in [-0.05, 0) is 25.3 Å². The van der Waals surface area contributed by atoms with Crippen LogP contribution in [-0.4, -0.2) is 33.2 Å². The van der Waals surface area contributed by atoms with E-state index in [4.69, 9.17) is 5.11 Å². The van der Waals surface area contributed by atoms with Crippen LogP contribution in [0.1, 0.15) is 29.6 Å². The quantitative estimate of drug-likeness (QED) is 0.794. The van der Waals surface area contributed by atoms with E-state index < -0.39 is 5.97 Å². The standard InChI is InChI=1S/C11H13N3O3/c15-10(8-3-4-12-13-6-8)14-9-2-1-7(5-9)11(16)17/h3-4,6-7,9H,1-2,5H2,(H,14,15)(H,16,17)/t7-,9+/m0/s1. The first-order valence-corrected chi connectivity index (χ1v) is 5.47. The summed E-state index contributed by atoms with van der Waals surface area (Å²) in [7, 11) is 0. The lowest BCUT2D eigenvalue weighted by Gasteiger charge is -2.11. The molecule has 1 amide bonds. The third-order valence-corrected chi connectivity index (χ3v) is 2.96. The molecule has 6 nitrogen and oxygen atoms in total. The van der Waals surface area contributed by atoms with E-state index in [0.717, 1.165) is 0 Å². The van der Waals surface area contributed by atoms with Crippen LogP contribution in [0.4, 0.5) is 0 Å². The fourth-order valence-electron chi connectivity index (χ4n) is 2.03. The van der Waals surface area contributed by atoms with Gasteiger partial charge < -0.3 is 10.4 Å². The predicted molar refractivity (Wildman–Crippen MR) is 58.3 cm³/mol. The number of hydrogen-bond acceptors (Lipinski definition) is 4. The number of aromatic nitrogens is 2. The minimum atomic E-state index is -0.785. The maximum absolute atomic E-state index is 11.8. The zero-order valence-electron chi connectivity index (χ0n) is 9.17. The van der Waals surface area contributed by atoms with Gasteiger partial charge in [-0.3, -0.25) is 9.59 Å². The highest BCUT2D eigenvalue weighted by Gasteiger charge is 2.30. The summed E-state index contributed by atoms with van der Waals surface area (Å²) < 4.78 is 0. The number of carbonyl (C=O) groups excluding carboxylic acids is 1. The molecule has 2 N–H and O–H groups in total. The van der Waals surface area contributed by atoms with Crippen molar-refractivity contribution in [1.82, 2.24) is 15.5 Å². The zero-order valence-corrected chi connectivity index (χ0v) is 9.17. The topological polar surface area (TPSA) is 92.2 Å². The van der Waals surface area contributed by atoms with Crippen LogP contribution in [0.25, 0.3) is 0 Å². The normalized spacial score (nSPS) is 23.3. The monoisotopic (exact) mass is 235 g/mol. The first-order valence-electron chi connectivity index (χ1n) is 5.47. The van der Waals surface area contributed by atoms with E-state index in [1.807, 2.05) is 0 Å². The Labute approximate surface area is 98.1 Å². The van der Waals surface area contributed by atoms with Crippen molar-refractivity contribution in [3.8, 4) is 0 Å². The molecule has 0 saturated heterocycles. The number of carboxylic acids is 1. The second-order valence-corrected chi connectivity index (χ2v) is 4.15. The second kappa shape index (κ2) is 4.90. The average molecular weight is 235 g/mol. The molecular formula is C11H13N3O3. The van der Waals surface area contributed by atoms with Crippen molar-refractivity contribution >= 4 is 11.9 Å². The number of amides is 1. The maximum Gasteiger partial charge on any atom is 0.306 e. The van der Waals surface area contributed by atoms with Gasteiger partial charge in [0.2, 0.25) is 0 Å². The zero-order chi connectivity index (χ0) is 12.3. The second-order valence-electron chi connectivity index (χ2n) is 4.15. The van der Waals surface area contributed by atoms with E-state index in [2.05, 4.69) is 15.5 Å². The first kappa shape index (κ1) is 11.5. The van der Waals surface area contributed by atoms with Crippen molar-refractivity contribution in [3.63, 3.8) is 0 Å². The van der Waals surface area contributed by atoms with Crippen molar-refractivity contribution in [2.45, 2.75) is 25.3 Å². The molecule has 2 atom stereocenters. The maximum atomic E-state index is 11.8. The lowest BCUT2D eigenvalue weighted by molar-refractivity contribution is -0.141. The van der Waals surface area contributed by atoms with Crippen LogP contribution in [0.15, 0.2) is 18.5 Å². The molecule has 0 radical (unpaired) electrons. The van der Waals surface area contributed by atoms with Gasteiger partial charge in [-0.1, -0.05) is 0 Å². The highest BCUT2D eigenvalue weighted by atomic mass is 16.4. The third kappa shape index (κ3) is 2.77. The summed E-state index contributed by atoms with van der Waals surface area (Å²) in [6.45, 7) is 0. The Hall–Kier alpha value is -1.98. The molecule has 1 aromatic rings. The van der Waals surface area contributed by atoms with Gasteiger partial charge in [0.05, 0.1) is 23.9 Å². The highest BCUT2D eigenvalue weighted by Crippen LogP contribution is 2.25. The van der Waals surface area contributed by atoms with E-state index in [-0.39, 0.29) is 17.9 Å². The third-order valence-electron chi connectivity index (χ3n) is 2.96. The largest absolute Gasteiger partial charge is 0.481 e. The predicted octanol–water partition coefficient (Wildman–Crippen LogP) is 0.460. The minimum absolute atomic E-state index is 0.0586. The number of nitrogens with one attached hydrogen (secondary N) is 1. The average Bonchev–Trinajstić information content (AvgIpc) is 2.79. The molecule has 1 fully saturated rings. The van der Waals surface area contributed by atoms with Crippen molar-refractivity contribution in [3.05, 3.63) is 24.0 Å². The Kier molecular flexibility index (Phi) is 3.32. The van der Waals surface area contributed by atoms with E-state index >= 15 is 0 Å². The number of hydrogen-bond donors (Lipinski definition) is 2. The Bertz CT molecular complexity index is 421. The Morgan fingerprint density at radius 1 is 1.35 bits per heavy atom. The molecule has 0 unspecified atom stereocenters. The van der Waals surface area contributed by atoms with Crippen LogP contribution >= 0.6 is 0 Å². The van der Waals surface area contributed by atoms with Gasteiger partial charge >= 0.3 is 5.97 Å². The molecule has 0 aromatic carbocycles. The first-order chi connectivity index (χ1) is 8.16. The van der Waals surface area contributed by atoms with Crippen molar-refractivity contribution in [2.24, 2.45) is 5.92 Å². The van der Waals surface area contributed by atoms with Gasteiger partial charge in [0.25, 0.3) is 5.91 Å². The van der Waals surface area contributed by atoms with Gasteiger partial charge in [0, 0.05) is 6.04 Å². The van der Waals surface area contributed by atoms with Crippen molar-refractivity contribution < 1.29 is 14.7 Å². The molecule has 1 aliphatic rings. The molecule has 0 aliphatic heterocycles. The molecule has 17 heavy (non-hydrogen) atoms. The molecule has 1 saturated carbocycles. The number of rotatable bonds is 3. The highest BCUT2D eigenvalue weighted by molar-refractivity contribution is 5.94. The summed E-state index contributed by atoms with van der Waals surface area (Å²) in [5.74, 6) is -1.35. The Morgan fingerprint density at radius 2 is 2.18 bits per heavy atom.